The van der Waals surface area contributed by atoms with Crippen LogP contribution in [0.4, 0.5) is 4.39 Å². The predicted molar refractivity (Wildman–Crippen MR) is 73.1 cm³/mol. The van der Waals surface area contributed by atoms with E-state index in [2.05, 4.69) is 0 Å². The van der Waals surface area contributed by atoms with Crippen LogP contribution in [0.2, 0.25) is 5.02 Å². The lowest BCUT2D eigenvalue weighted by molar-refractivity contribution is 0.219. The van der Waals surface area contributed by atoms with Crippen LogP contribution in [0.3, 0.4) is 0 Å². The molecule has 0 spiro atoms. The highest BCUT2D eigenvalue weighted by atomic mass is 35.5. The summed E-state index contributed by atoms with van der Waals surface area (Å²) in [6.45, 7) is 2.44. The van der Waals surface area contributed by atoms with Crippen LogP contribution in [0.1, 0.15) is 24.2 Å². The minimum absolute atomic E-state index is 0.0408. The van der Waals surface area contributed by atoms with Crippen molar-refractivity contribution >= 4 is 11.6 Å². The van der Waals surface area contributed by atoms with Crippen LogP contribution < -0.4 is 4.74 Å². The maximum absolute atomic E-state index is 13.4. The average Bonchev–Trinajstić information content (AvgIpc) is 2.42. The van der Waals surface area contributed by atoms with Gasteiger partial charge in [0, 0.05) is 0 Å². The molecule has 0 aromatic heterocycles. The fourth-order valence-corrected chi connectivity index (χ4v) is 1.93. The largest absolute Gasteiger partial charge is 0.494 e. The predicted octanol–water partition coefficient (Wildman–Crippen LogP) is 3.96. The van der Waals surface area contributed by atoms with E-state index in [9.17, 15) is 9.50 Å². The van der Waals surface area contributed by atoms with Crippen LogP contribution in [0, 0.1) is 5.82 Å². The SMILES string of the molecule is CCOc1cccc(C(O)c2ccc(Cl)c(F)c2)c1. The number of hydrogen-bond donors (Lipinski definition) is 1. The molecular weight excluding hydrogens is 267 g/mol. The summed E-state index contributed by atoms with van der Waals surface area (Å²) in [4.78, 5) is 0. The second kappa shape index (κ2) is 6.04. The van der Waals surface area contributed by atoms with E-state index < -0.39 is 11.9 Å². The quantitative estimate of drug-likeness (QED) is 0.918. The van der Waals surface area contributed by atoms with Gasteiger partial charge in [0.15, 0.2) is 0 Å². The van der Waals surface area contributed by atoms with Crippen LogP contribution in [-0.2, 0) is 0 Å². The van der Waals surface area contributed by atoms with E-state index in [1.165, 1.54) is 12.1 Å². The molecule has 0 amide bonds. The number of hydrogen-bond acceptors (Lipinski definition) is 2. The molecule has 2 aromatic carbocycles. The molecule has 1 atom stereocenters. The van der Waals surface area contributed by atoms with Gasteiger partial charge in [-0.15, -0.1) is 0 Å². The molecule has 0 saturated heterocycles. The van der Waals surface area contributed by atoms with Crippen LogP contribution in [0.5, 0.6) is 5.75 Å². The zero-order chi connectivity index (χ0) is 13.8. The van der Waals surface area contributed by atoms with Crippen LogP contribution in [0.25, 0.3) is 0 Å². The van der Waals surface area contributed by atoms with E-state index in [1.807, 2.05) is 13.0 Å². The number of rotatable bonds is 4. The summed E-state index contributed by atoms with van der Waals surface area (Å²) in [6, 6.07) is 11.4. The van der Waals surface area contributed by atoms with Crippen molar-refractivity contribution in [3.05, 3.63) is 64.4 Å². The maximum atomic E-state index is 13.4. The van der Waals surface area contributed by atoms with Gasteiger partial charge in [0.2, 0.25) is 0 Å². The third kappa shape index (κ3) is 3.25. The lowest BCUT2D eigenvalue weighted by Crippen LogP contribution is -2.01. The molecule has 4 heteroatoms. The molecule has 0 fully saturated rings. The Bertz CT molecular complexity index is 572. The molecule has 1 N–H and O–H groups in total. The second-order valence-corrected chi connectivity index (χ2v) is 4.49. The Morgan fingerprint density at radius 1 is 1.21 bits per heavy atom. The van der Waals surface area contributed by atoms with E-state index in [0.29, 0.717) is 23.5 Å². The normalized spacial score (nSPS) is 12.2. The highest BCUT2D eigenvalue weighted by molar-refractivity contribution is 6.30. The first-order valence-corrected chi connectivity index (χ1v) is 6.35. The second-order valence-electron chi connectivity index (χ2n) is 4.08. The molecule has 2 aromatic rings. The van der Waals surface area contributed by atoms with Crippen molar-refractivity contribution in [1.29, 1.82) is 0 Å². The Hall–Kier alpha value is -1.58. The lowest BCUT2D eigenvalue weighted by atomic mass is 10.0. The molecule has 1 unspecified atom stereocenters. The van der Waals surface area contributed by atoms with Crippen molar-refractivity contribution in [2.24, 2.45) is 0 Å². The van der Waals surface area contributed by atoms with Gasteiger partial charge in [0.1, 0.15) is 17.7 Å². The van der Waals surface area contributed by atoms with Gasteiger partial charge in [-0.2, -0.15) is 0 Å². The zero-order valence-electron chi connectivity index (χ0n) is 10.4. The van der Waals surface area contributed by atoms with E-state index in [1.54, 1.807) is 24.3 Å². The van der Waals surface area contributed by atoms with Gasteiger partial charge in [-0.05, 0) is 42.3 Å². The molecule has 0 saturated carbocycles. The fraction of sp³-hybridized carbons (Fsp3) is 0.200. The minimum atomic E-state index is -0.910. The number of ether oxygens (including phenoxy) is 1. The van der Waals surface area contributed by atoms with E-state index in [0.717, 1.165) is 0 Å². The summed E-state index contributed by atoms with van der Waals surface area (Å²) in [6.07, 6.45) is -0.910. The van der Waals surface area contributed by atoms with Crippen molar-refractivity contribution < 1.29 is 14.2 Å². The van der Waals surface area contributed by atoms with Crippen molar-refractivity contribution in [3.63, 3.8) is 0 Å². The highest BCUT2D eigenvalue weighted by Gasteiger charge is 2.13. The number of halogens is 2. The number of aliphatic hydroxyl groups is 1. The van der Waals surface area contributed by atoms with Gasteiger partial charge in [-0.3, -0.25) is 0 Å². The molecule has 0 heterocycles. The number of aliphatic hydroxyl groups excluding tert-OH is 1. The smallest absolute Gasteiger partial charge is 0.142 e. The van der Waals surface area contributed by atoms with Crippen molar-refractivity contribution in [3.8, 4) is 5.75 Å². The molecule has 0 aliphatic carbocycles. The third-order valence-electron chi connectivity index (χ3n) is 2.74. The molecule has 0 radical (unpaired) electrons. The maximum Gasteiger partial charge on any atom is 0.142 e. The first-order valence-electron chi connectivity index (χ1n) is 5.97. The summed E-state index contributed by atoms with van der Waals surface area (Å²) < 4.78 is 18.8. The average molecular weight is 281 g/mol. The Morgan fingerprint density at radius 2 is 1.95 bits per heavy atom. The standard InChI is InChI=1S/C15H14ClFO2/c1-2-19-12-5-3-4-10(8-12)15(18)11-6-7-13(16)14(17)9-11/h3-9,15,18H,2H2,1H3. The monoisotopic (exact) mass is 280 g/mol. The fourth-order valence-electron chi connectivity index (χ4n) is 1.82. The zero-order valence-corrected chi connectivity index (χ0v) is 11.2. The lowest BCUT2D eigenvalue weighted by Gasteiger charge is -2.13. The van der Waals surface area contributed by atoms with Gasteiger partial charge in [-0.1, -0.05) is 29.8 Å². The molecule has 0 bridgehead atoms. The summed E-state index contributed by atoms with van der Waals surface area (Å²) >= 11 is 5.62. The highest BCUT2D eigenvalue weighted by Crippen LogP contribution is 2.27. The Balaban J connectivity index is 2.29. The topological polar surface area (TPSA) is 29.5 Å². The van der Waals surface area contributed by atoms with Crippen LogP contribution in [0.15, 0.2) is 42.5 Å². The molecule has 2 rings (SSSR count). The molecule has 0 aliphatic heterocycles. The molecular formula is C15H14ClFO2. The first kappa shape index (κ1) is 13.8. The van der Waals surface area contributed by atoms with Gasteiger partial charge in [0.05, 0.1) is 11.6 Å². The van der Waals surface area contributed by atoms with Crippen LogP contribution in [-0.4, -0.2) is 11.7 Å². The van der Waals surface area contributed by atoms with Gasteiger partial charge >= 0.3 is 0 Å². The minimum Gasteiger partial charge on any atom is -0.494 e. The number of benzene rings is 2. The Morgan fingerprint density at radius 3 is 2.63 bits per heavy atom. The molecule has 2 nitrogen and oxygen atoms in total. The summed E-state index contributed by atoms with van der Waals surface area (Å²) in [7, 11) is 0. The Labute approximate surface area is 116 Å². The Kier molecular flexibility index (Phi) is 4.40. The summed E-state index contributed by atoms with van der Waals surface area (Å²) in [5, 5.41) is 10.3. The third-order valence-corrected chi connectivity index (χ3v) is 3.05. The molecule has 19 heavy (non-hydrogen) atoms. The van der Waals surface area contributed by atoms with Gasteiger partial charge < -0.3 is 9.84 Å². The van der Waals surface area contributed by atoms with E-state index in [4.69, 9.17) is 16.3 Å². The first-order chi connectivity index (χ1) is 9.11. The van der Waals surface area contributed by atoms with Crippen molar-refractivity contribution in [2.45, 2.75) is 13.0 Å². The van der Waals surface area contributed by atoms with Gasteiger partial charge in [0.25, 0.3) is 0 Å². The summed E-state index contributed by atoms with van der Waals surface area (Å²) in [5.74, 6) is 0.132. The van der Waals surface area contributed by atoms with Crippen molar-refractivity contribution in [2.75, 3.05) is 6.61 Å². The molecule has 0 aliphatic rings. The summed E-state index contributed by atoms with van der Waals surface area (Å²) in [5.41, 5.74) is 1.10. The molecule has 100 valence electrons. The van der Waals surface area contributed by atoms with Gasteiger partial charge in [-0.25, -0.2) is 4.39 Å². The van der Waals surface area contributed by atoms with Crippen molar-refractivity contribution in [1.82, 2.24) is 0 Å². The van der Waals surface area contributed by atoms with Crippen LogP contribution >= 0.6 is 11.6 Å². The van der Waals surface area contributed by atoms with E-state index in [-0.39, 0.29) is 5.02 Å². The van der Waals surface area contributed by atoms with E-state index >= 15 is 0 Å².